The van der Waals surface area contributed by atoms with Crippen LogP contribution in [0.15, 0.2) is 30.3 Å². The molecule has 1 saturated heterocycles. The quantitative estimate of drug-likeness (QED) is 0.888. The normalized spacial score (nSPS) is 16.8. The second kappa shape index (κ2) is 5.98. The molecule has 128 valence electrons. The number of phenols is 1. The minimum Gasteiger partial charge on any atom is -0.506 e. The van der Waals surface area contributed by atoms with Crippen molar-refractivity contribution in [2.45, 2.75) is 26.7 Å². The molecule has 2 N–H and O–H groups in total. The molecule has 0 spiro atoms. The van der Waals surface area contributed by atoms with Gasteiger partial charge in [-0.2, -0.15) is 8.42 Å². The van der Waals surface area contributed by atoms with Crippen molar-refractivity contribution in [1.82, 2.24) is 4.72 Å². The fourth-order valence-corrected chi connectivity index (χ4v) is 3.95. The Morgan fingerprint density at radius 1 is 1.21 bits per heavy atom. The molecule has 1 aliphatic rings. The Morgan fingerprint density at radius 2 is 1.96 bits per heavy atom. The van der Waals surface area contributed by atoms with Crippen molar-refractivity contribution in [2.24, 2.45) is 5.92 Å². The second-order valence-corrected chi connectivity index (χ2v) is 8.09. The fourth-order valence-electron chi connectivity index (χ4n) is 2.80. The van der Waals surface area contributed by atoms with Crippen LogP contribution >= 0.6 is 0 Å². The van der Waals surface area contributed by atoms with E-state index in [4.69, 9.17) is 0 Å². The van der Waals surface area contributed by atoms with Gasteiger partial charge in [-0.05, 0) is 47.2 Å². The van der Waals surface area contributed by atoms with Crippen LogP contribution in [-0.4, -0.2) is 26.0 Å². The van der Waals surface area contributed by atoms with Gasteiger partial charge in [0.15, 0.2) is 0 Å². The van der Waals surface area contributed by atoms with E-state index in [1.807, 2.05) is 22.9 Å². The van der Waals surface area contributed by atoms with Gasteiger partial charge < -0.3 is 5.11 Å². The van der Waals surface area contributed by atoms with E-state index < -0.39 is 16.1 Å². The van der Waals surface area contributed by atoms with Crippen molar-refractivity contribution >= 4 is 32.6 Å². The van der Waals surface area contributed by atoms with Gasteiger partial charge in [-0.1, -0.05) is 32.0 Å². The second-order valence-electron chi connectivity index (χ2n) is 6.49. The van der Waals surface area contributed by atoms with Gasteiger partial charge in [-0.25, -0.2) is 9.03 Å². The van der Waals surface area contributed by atoms with Crippen molar-refractivity contribution in [3.8, 4) is 5.75 Å². The first-order valence-electron chi connectivity index (χ1n) is 7.85. The van der Waals surface area contributed by atoms with Gasteiger partial charge in [-0.3, -0.25) is 4.79 Å². The predicted molar refractivity (Wildman–Crippen MR) is 93.2 cm³/mol. The van der Waals surface area contributed by atoms with E-state index in [0.29, 0.717) is 5.92 Å². The Kier molecular flexibility index (Phi) is 4.13. The highest BCUT2D eigenvalue weighted by Gasteiger charge is 2.35. The zero-order valence-corrected chi connectivity index (χ0v) is 14.4. The van der Waals surface area contributed by atoms with Gasteiger partial charge in [0.05, 0.1) is 5.69 Å². The molecule has 1 heterocycles. The van der Waals surface area contributed by atoms with Crippen molar-refractivity contribution in [3.63, 3.8) is 0 Å². The summed E-state index contributed by atoms with van der Waals surface area (Å²) in [6, 6.07) is 9.06. The Bertz CT molecular complexity index is 906. The molecule has 0 bridgehead atoms. The highest BCUT2D eigenvalue weighted by Crippen LogP contribution is 2.35. The van der Waals surface area contributed by atoms with E-state index in [0.717, 1.165) is 33.5 Å². The minimum atomic E-state index is -3.94. The number of phenolic OH excluding ortho intramolecular Hbond substituents is 1. The SMILES string of the molecule is CC(C)CCc1ccc2cc(O)c(N3CC(=O)NS3(=O)=O)cc2c1. The lowest BCUT2D eigenvalue weighted by Crippen LogP contribution is -2.29. The predicted octanol–water partition coefficient (Wildman–Crippen LogP) is 2.32. The lowest BCUT2D eigenvalue weighted by Gasteiger charge is -2.17. The summed E-state index contributed by atoms with van der Waals surface area (Å²) in [5.41, 5.74) is 1.27. The molecular weight excluding hydrogens is 328 g/mol. The fraction of sp³-hybridized carbons (Fsp3) is 0.353. The number of amides is 1. The van der Waals surface area contributed by atoms with E-state index >= 15 is 0 Å². The van der Waals surface area contributed by atoms with Gasteiger partial charge >= 0.3 is 10.2 Å². The number of nitrogens with zero attached hydrogens (tertiary/aromatic N) is 1. The van der Waals surface area contributed by atoms with E-state index in [-0.39, 0.29) is 18.0 Å². The molecule has 6 nitrogen and oxygen atoms in total. The molecule has 0 unspecified atom stereocenters. The number of rotatable bonds is 4. The molecule has 1 aliphatic heterocycles. The van der Waals surface area contributed by atoms with Crippen LogP contribution in [-0.2, 0) is 21.4 Å². The zero-order valence-electron chi connectivity index (χ0n) is 13.6. The molecule has 0 aliphatic carbocycles. The van der Waals surface area contributed by atoms with Gasteiger partial charge in [0.2, 0.25) is 0 Å². The average molecular weight is 348 g/mol. The number of carbonyl (C=O) groups is 1. The van der Waals surface area contributed by atoms with E-state index in [1.54, 1.807) is 6.07 Å². The van der Waals surface area contributed by atoms with Crippen LogP contribution in [0.3, 0.4) is 0 Å². The summed E-state index contributed by atoms with van der Waals surface area (Å²) in [4.78, 5) is 11.4. The van der Waals surface area contributed by atoms with Gasteiger partial charge in [0.1, 0.15) is 12.3 Å². The first-order valence-corrected chi connectivity index (χ1v) is 9.29. The lowest BCUT2D eigenvalue weighted by atomic mass is 9.99. The van der Waals surface area contributed by atoms with Crippen molar-refractivity contribution in [3.05, 3.63) is 35.9 Å². The summed E-state index contributed by atoms with van der Waals surface area (Å²) in [5.74, 6) is -0.180. The molecule has 2 aromatic carbocycles. The minimum absolute atomic E-state index is 0.113. The lowest BCUT2D eigenvalue weighted by molar-refractivity contribution is -0.117. The summed E-state index contributed by atoms with van der Waals surface area (Å²) in [6.07, 6.45) is 2.00. The van der Waals surface area contributed by atoms with Crippen LogP contribution in [0.25, 0.3) is 10.8 Å². The maximum Gasteiger partial charge on any atom is 0.326 e. The molecular formula is C17H20N2O4S. The van der Waals surface area contributed by atoms with Crippen LogP contribution in [0, 0.1) is 5.92 Å². The Labute approximate surface area is 141 Å². The summed E-state index contributed by atoms with van der Waals surface area (Å²) in [5, 5.41) is 11.8. The summed E-state index contributed by atoms with van der Waals surface area (Å²) in [7, 11) is -3.94. The largest absolute Gasteiger partial charge is 0.506 e. The van der Waals surface area contributed by atoms with Crippen molar-refractivity contribution < 1.29 is 18.3 Å². The third-order valence-corrected chi connectivity index (χ3v) is 5.49. The number of fused-ring (bicyclic) bond motifs is 1. The smallest absolute Gasteiger partial charge is 0.326 e. The molecule has 24 heavy (non-hydrogen) atoms. The van der Waals surface area contributed by atoms with E-state index in [2.05, 4.69) is 13.8 Å². The van der Waals surface area contributed by atoms with Crippen LogP contribution in [0.2, 0.25) is 0 Å². The number of hydrogen-bond donors (Lipinski definition) is 2. The molecule has 3 rings (SSSR count). The van der Waals surface area contributed by atoms with E-state index in [9.17, 15) is 18.3 Å². The number of hydrogen-bond acceptors (Lipinski definition) is 4. The standard InChI is InChI=1S/C17H20N2O4S/c1-11(2)3-4-12-5-6-13-9-16(20)15(8-14(13)7-12)19-10-17(21)18-24(19,22)23/h5-9,11,20H,3-4,10H2,1-2H3,(H,18,21). The first-order chi connectivity index (χ1) is 11.3. The first kappa shape index (κ1) is 16.6. The van der Waals surface area contributed by atoms with Crippen LogP contribution in [0.1, 0.15) is 25.8 Å². The molecule has 0 atom stereocenters. The summed E-state index contributed by atoms with van der Waals surface area (Å²) in [6.45, 7) is 4.01. The Balaban J connectivity index is 2.03. The number of aryl methyl sites for hydroxylation is 1. The third-order valence-electron chi connectivity index (χ3n) is 4.10. The Hall–Kier alpha value is -2.28. The molecule has 0 aromatic heterocycles. The van der Waals surface area contributed by atoms with Gasteiger partial charge in [0, 0.05) is 0 Å². The maximum atomic E-state index is 12.0. The molecule has 0 saturated carbocycles. The highest BCUT2D eigenvalue weighted by atomic mass is 32.2. The number of aromatic hydroxyl groups is 1. The van der Waals surface area contributed by atoms with Crippen molar-refractivity contribution in [2.75, 3.05) is 10.8 Å². The van der Waals surface area contributed by atoms with Gasteiger partial charge in [0.25, 0.3) is 5.91 Å². The maximum absolute atomic E-state index is 12.0. The number of nitrogens with one attached hydrogen (secondary N) is 1. The molecule has 1 amide bonds. The van der Waals surface area contributed by atoms with Crippen molar-refractivity contribution in [1.29, 1.82) is 0 Å². The topological polar surface area (TPSA) is 86.7 Å². The number of carbonyl (C=O) groups excluding carboxylic acids is 1. The Morgan fingerprint density at radius 3 is 2.58 bits per heavy atom. The van der Waals surface area contributed by atoms with E-state index in [1.165, 1.54) is 6.07 Å². The molecule has 7 heteroatoms. The molecule has 2 aromatic rings. The molecule has 1 fully saturated rings. The van der Waals surface area contributed by atoms with Crippen LogP contribution < -0.4 is 9.03 Å². The monoisotopic (exact) mass is 348 g/mol. The van der Waals surface area contributed by atoms with Crippen LogP contribution in [0.4, 0.5) is 5.69 Å². The third kappa shape index (κ3) is 3.17. The summed E-state index contributed by atoms with van der Waals surface area (Å²) >= 11 is 0. The number of anilines is 1. The average Bonchev–Trinajstić information content (AvgIpc) is 2.77. The number of benzene rings is 2. The van der Waals surface area contributed by atoms with Crippen LogP contribution in [0.5, 0.6) is 5.75 Å². The summed E-state index contributed by atoms with van der Waals surface area (Å²) < 4.78 is 26.8. The highest BCUT2D eigenvalue weighted by molar-refractivity contribution is 7.92. The zero-order chi connectivity index (χ0) is 17.5. The van der Waals surface area contributed by atoms with Gasteiger partial charge in [-0.15, -0.1) is 0 Å². The molecule has 0 radical (unpaired) electrons.